The van der Waals surface area contributed by atoms with E-state index in [9.17, 15) is 15.3 Å². The minimum Gasteiger partial charge on any atom is -0.394 e. The predicted octanol–water partition coefficient (Wildman–Crippen LogP) is -1.19. The predicted molar refractivity (Wildman–Crippen MR) is 63.8 cm³/mol. The third-order valence-corrected chi connectivity index (χ3v) is 2.61. The van der Waals surface area contributed by atoms with Crippen molar-refractivity contribution in [3.63, 3.8) is 0 Å². The molecule has 0 unspecified atom stereocenters. The van der Waals surface area contributed by atoms with Gasteiger partial charge in [-0.1, -0.05) is 0 Å². The van der Waals surface area contributed by atoms with E-state index < -0.39 is 24.9 Å². The van der Waals surface area contributed by atoms with E-state index in [1.54, 1.807) is 6.92 Å². The van der Waals surface area contributed by atoms with Crippen LogP contribution in [0.25, 0.3) is 0 Å². The number of hydrogen-bond acceptors (Lipinski definition) is 7. The maximum Gasteiger partial charge on any atom is 0.152 e. The molecule has 3 atom stereocenters. The number of aromatic nitrogens is 2. The Kier molecular flexibility index (Phi) is 5.09. The van der Waals surface area contributed by atoms with Crippen LogP contribution in [0.1, 0.15) is 24.5 Å². The summed E-state index contributed by atoms with van der Waals surface area (Å²) in [4.78, 5) is 6.66. The van der Waals surface area contributed by atoms with Crippen LogP contribution in [0.3, 0.4) is 0 Å². The summed E-state index contributed by atoms with van der Waals surface area (Å²) in [6, 6.07) is 0. The van der Waals surface area contributed by atoms with Crippen LogP contribution in [0, 0.1) is 0 Å². The second kappa shape index (κ2) is 6.12. The standard InChI is InChI=1S/C9H15N3O4S/c1-4(12-17)9-10-2-5(11-9)7(15)8(16)6(14)3-13/h2,6-8,13-17H,3H2,1H3,(H,10,11)/t6-,7-,8-/m1/s1. The summed E-state index contributed by atoms with van der Waals surface area (Å²) in [6.45, 7) is 1.03. The molecule has 1 rings (SSSR count). The lowest BCUT2D eigenvalue weighted by molar-refractivity contribution is -0.0788. The summed E-state index contributed by atoms with van der Waals surface area (Å²) in [5.74, 6) is 0.403. The lowest BCUT2D eigenvalue weighted by Crippen LogP contribution is -2.34. The number of aliphatic hydroxyl groups excluding tert-OH is 4. The molecule has 0 aliphatic rings. The van der Waals surface area contributed by atoms with Gasteiger partial charge in [0.05, 0.1) is 24.2 Å². The molecule has 0 fully saturated rings. The number of nitrogens with zero attached hydrogens (tertiary/aromatic N) is 2. The zero-order valence-electron chi connectivity index (χ0n) is 9.15. The Hall–Kier alpha value is -0.930. The van der Waals surface area contributed by atoms with Crippen molar-refractivity contribution in [3.8, 4) is 0 Å². The Morgan fingerprint density at radius 3 is 2.71 bits per heavy atom. The average molecular weight is 261 g/mol. The molecule has 17 heavy (non-hydrogen) atoms. The number of H-pyrrole nitrogens is 1. The SMILES string of the molecule is CC(=NS)c1ncc([C@@H](O)[C@H](O)[C@H](O)CO)[nH]1. The first-order valence-electron chi connectivity index (χ1n) is 4.90. The Morgan fingerprint density at radius 2 is 2.18 bits per heavy atom. The van der Waals surface area contributed by atoms with Gasteiger partial charge in [0.25, 0.3) is 0 Å². The normalized spacial score (nSPS) is 17.9. The summed E-state index contributed by atoms with van der Waals surface area (Å²) < 4.78 is 3.61. The quantitative estimate of drug-likeness (QED) is 0.294. The Balaban J connectivity index is 2.83. The number of imidazole rings is 1. The zero-order valence-corrected chi connectivity index (χ0v) is 10.0. The van der Waals surface area contributed by atoms with Crippen LogP contribution in [0.2, 0.25) is 0 Å². The molecule has 1 aromatic rings. The number of rotatable bonds is 5. The summed E-state index contributed by atoms with van der Waals surface area (Å²) >= 11 is 3.72. The van der Waals surface area contributed by atoms with E-state index in [1.807, 2.05) is 0 Å². The summed E-state index contributed by atoms with van der Waals surface area (Å²) in [5, 5.41) is 37.0. The van der Waals surface area contributed by atoms with Gasteiger partial charge in [0, 0.05) is 0 Å². The molecule has 1 aromatic heterocycles. The van der Waals surface area contributed by atoms with Crippen molar-refractivity contribution in [3.05, 3.63) is 17.7 Å². The third kappa shape index (κ3) is 3.27. The fourth-order valence-corrected chi connectivity index (χ4v) is 1.31. The maximum absolute atomic E-state index is 9.71. The lowest BCUT2D eigenvalue weighted by Gasteiger charge is -2.20. The van der Waals surface area contributed by atoms with Crippen LogP contribution in [0.5, 0.6) is 0 Å². The number of nitrogens with one attached hydrogen (secondary N) is 1. The van der Waals surface area contributed by atoms with Crippen molar-refractivity contribution in [1.82, 2.24) is 9.97 Å². The van der Waals surface area contributed by atoms with Crippen LogP contribution < -0.4 is 0 Å². The van der Waals surface area contributed by atoms with Crippen molar-refractivity contribution in [2.75, 3.05) is 6.61 Å². The summed E-state index contributed by atoms with van der Waals surface area (Å²) in [5.41, 5.74) is 0.736. The van der Waals surface area contributed by atoms with Gasteiger partial charge >= 0.3 is 0 Å². The Bertz CT molecular complexity index is 395. The molecule has 0 aromatic carbocycles. The second-order valence-corrected chi connectivity index (χ2v) is 3.76. The molecule has 0 saturated heterocycles. The molecule has 0 saturated carbocycles. The van der Waals surface area contributed by atoms with Crippen LogP contribution in [-0.4, -0.2) is 54.9 Å². The van der Waals surface area contributed by atoms with E-state index in [2.05, 4.69) is 27.2 Å². The van der Waals surface area contributed by atoms with Crippen molar-refractivity contribution in [2.24, 2.45) is 4.40 Å². The van der Waals surface area contributed by atoms with Crippen LogP contribution in [0.15, 0.2) is 10.6 Å². The highest BCUT2D eigenvalue weighted by molar-refractivity contribution is 7.79. The van der Waals surface area contributed by atoms with Gasteiger partial charge in [-0.15, -0.1) is 0 Å². The molecule has 0 radical (unpaired) electrons. The van der Waals surface area contributed by atoms with Crippen LogP contribution in [0.4, 0.5) is 0 Å². The van der Waals surface area contributed by atoms with Gasteiger partial charge in [0.2, 0.25) is 0 Å². The molecule has 0 aliphatic carbocycles. The molecule has 0 bridgehead atoms. The first kappa shape index (κ1) is 14.1. The zero-order chi connectivity index (χ0) is 13.0. The molecule has 0 spiro atoms. The molecular formula is C9H15N3O4S. The first-order valence-corrected chi connectivity index (χ1v) is 5.30. The highest BCUT2D eigenvalue weighted by atomic mass is 32.1. The Morgan fingerprint density at radius 1 is 1.53 bits per heavy atom. The molecule has 5 N–H and O–H groups in total. The van der Waals surface area contributed by atoms with Gasteiger partial charge in [0.1, 0.15) is 18.3 Å². The fourth-order valence-electron chi connectivity index (χ4n) is 1.22. The van der Waals surface area contributed by atoms with Crippen LogP contribution >= 0.6 is 12.8 Å². The topological polar surface area (TPSA) is 122 Å². The summed E-state index contributed by atoms with van der Waals surface area (Å²) in [7, 11) is 0. The van der Waals surface area contributed by atoms with E-state index in [-0.39, 0.29) is 5.69 Å². The average Bonchev–Trinajstić information content (AvgIpc) is 2.84. The molecule has 7 nitrogen and oxygen atoms in total. The maximum atomic E-state index is 9.71. The van der Waals surface area contributed by atoms with Gasteiger partial charge in [-0.05, 0) is 19.7 Å². The van der Waals surface area contributed by atoms with E-state index in [0.29, 0.717) is 11.5 Å². The van der Waals surface area contributed by atoms with E-state index in [4.69, 9.17) is 5.11 Å². The largest absolute Gasteiger partial charge is 0.394 e. The van der Waals surface area contributed by atoms with Gasteiger partial charge in [0.15, 0.2) is 5.82 Å². The molecule has 8 heteroatoms. The van der Waals surface area contributed by atoms with Crippen molar-refractivity contribution in [1.29, 1.82) is 0 Å². The number of thiol groups is 1. The first-order chi connectivity index (χ1) is 8.01. The molecule has 96 valence electrons. The lowest BCUT2D eigenvalue weighted by atomic mass is 10.1. The molecule has 0 amide bonds. The Labute approximate surface area is 103 Å². The second-order valence-electron chi connectivity index (χ2n) is 3.56. The molecular weight excluding hydrogens is 246 g/mol. The minimum atomic E-state index is -1.50. The third-order valence-electron chi connectivity index (χ3n) is 2.31. The molecule has 0 aliphatic heterocycles. The van der Waals surface area contributed by atoms with Crippen molar-refractivity contribution in [2.45, 2.75) is 25.2 Å². The van der Waals surface area contributed by atoms with E-state index in [0.717, 1.165) is 0 Å². The van der Waals surface area contributed by atoms with Gasteiger partial charge in [-0.25, -0.2) is 9.38 Å². The number of hydrogen-bond donors (Lipinski definition) is 6. The van der Waals surface area contributed by atoms with E-state index in [1.165, 1.54) is 6.20 Å². The highest BCUT2D eigenvalue weighted by Gasteiger charge is 2.26. The fraction of sp³-hybridized carbons (Fsp3) is 0.556. The minimum absolute atomic E-state index is 0.219. The highest BCUT2D eigenvalue weighted by Crippen LogP contribution is 2.17. The number of aliphatic hydroxyl groups is 4. The van der Waals surface area contributed by atoms with Crippen molar-refractivity contribution >= 4 is 18.5 Å². The van der Waals surface area contributed by atoms with Gasteiger partial charge < -0.3 is 25.4 Å². The van der Waals surface area contributed by atoms with Gasteiger partial charge in [-0.3, -0.25) is 0 Å². The van der Waals surface area contributed by atoms with Crippen LogP contribution in [-0.2, 0) is 0 Å². The van der Waals surface area contributed by atoms with Crippen molar-refractivity contribution < 1.29 is 20.4 Å². The van der Waals surface area contributed by atoms with Gasteiger partial charge in [-0.2, -0.15) is 0 Å². The smallest absolute Gasteiger partial charge is 0.152 e. The molecule has 1 heterocycles. The summed E-state index contributed by atoms with van der Waals surface area (Å²) in [6.07, 6.45) is -2.97. The number of aromatic amines is 1. The monoisotopic (exact) mass is 261 g/mol. The van der Waals surface area contributed by atoms with E-state index >= 15 is 0 Å².